The molecule has 3 fully saturated rings. The van der Waals surface area contributed by atoms with Crippen LogP contribution in [-0.4, -0.2) is 12.1 Å². The van der Waals surface area contributed by atoms with E-state index in [4.69, 9.17) is 4.74 Å². The van der Waals surface area contributed by atoms with E-state index in [0.29, 0.717) is 17.8 Å². The Morgan fingerprint density at radius 1 is 1.24 bits per heavy atom. The maximum absolute atomic E-state index is 11.9. The molecule has 0 aromatic rings. The molecule has 2 aliphatic carbocycles. The van der Waals surface area contributed by atoms with E-state index in [1.165, 1.54) is 38.5 Å². The second-order valence-electron chi connectivity index (χ2n) is 6.36. The average Bonchev–Trinajstić information content (AvgIpc) is 2.89. The Hall–Kier alpha value is -0.530. The molecule has 0 aromatic carbocycles. The van der Waals surface area contributed by atoms with Gasteiger partial charge in [-0.1, -0.05) is 39.5 Å². The molecule has 1 saturated heterocycles. The van der Waals surface area contributed by atoms with E-state index in [1.54, 1.807) is 0 Å². The van der Waals surface area contributed by atoms with Gasteiger partial charge in [-0.25, -0.2) is 0 Å². The lowest BCUT2D eigenvalue weighted by Gasteiger charge is -2.29. The summed E-state index contributed by atoms with van der Waals surface area (Å²) in [6, 6.07) is 0. The van der Waals surface area contributed by atoms with Crippen molar-refractivity contribution in [3.05, 3.63) is 0 Å². The fourth-order valence-corrected chi connectivity index (χ4v) is 4.75. The summed E-state index contributed by atoms with van der Waals surface area (Å²) in [4.78, 5) is 11.9. The van der Waals surface area contributed by atoms with Crippen molar-refractivity contribution in [2.24, 2.45) is 29.6 Å². The molecular formula is C15H24O2. The second-order valence-corrected chi connectivity index (χ2v) is 6.36. The minimum atomic E-state index is 0.132. The monoisotopic (exact) mass is 236 g/mol. The zero-order valence-electron chi connectivity index (χ0n) is 11.0. The lowest BCUT2D eigenvalue weighted by Crippen LogP contribution is -2.31. The van der Waals surface area contributed by atoms with Gasteiger partial charge < -0.3 is 4.74 Å². The van der Waals surface area contributed by atoms with Crippen LogP contribution in [0.3, 0.4) is 0 Å². The quantitative estimate of drug-likeness (QED) is 0.540. The van der Waals surface area contributed by atoms with Crippen LogP contribution in [0.2, 0.25) is 0 Å². The van der Waals surface area contributed by atoms with Gasteiger partial charge in [-0.2, -0.15) is 0 Å². The van der Waals surface area contributed by atoms with Crippen molar-refractivity contribution in [1.29, 1.82) is 0 Å². The number of fused-ring (bicyclic) bond motifs is 1. The van der Waals surface area contributed by atoms with E-state index in [2.05, 4.69) is 13.8 Å². The number of unbranched alkanes of at least 4 members (excludes halogenated alkanes) is 3. The van der Waals surface area contributed by atoms with Crippen molar-refractivity contribution in [1.82, 2.24) is 0 Å². The number of hydrogen-bond donors (Lipinski definition) is 0. The van der Waals surface area contributed by atoms with Gasteiger partial charge in [0.05, 0.1) is 5.92 Å². The van der Waals surface area contributed by atoms with Crippen molar-refractivity contribution >= 4 is 5.97 Å². The molecule has 96 valence electrons. The third kappa shape index (κ3) is 1.63. The number of carbonyl (C=O) groups excluding carboxylic acids is 1. The summed E-state index contributed by atoms with van der Waals surface area (Å²) >= 11 is 0. The largest absolute Gasteiger partial charge is 0.462 e. The summed E-state index contributed by atoms with van der Waals surface area (Å²) in [6.45, 7) is 4.54. The van der Waals surface area contributed by atoms with E-state index < -0.39 is 0 Å². The fraction of sp³-hybridized carbons (Fsp3) is 0.933. The first-order valence-electron chi connectivity index (χ1n) is 7.44. The van der Waals surface area contributed by atoms with Crippen LogP contribution in [0.4, 0.5) is 0 Å². The average molecular weight is 236 g/mol. The van der Waals surface area contributed by atoms with Crippen LogP contribution in [0.15, 0.2) is 0 Å². The zero-order chi connectivity index (χ0) is 12.0. The molecule has 0 N–H and O–H groups in total. The molecule has 2 bridgehead atoms. The van der Waals surface area contributed by atoms with Gasteiger partial charge in [0.1, 0.15) is 6.10 Å². The molecule has 3 rings (SSSR count). The minimum Gasteiger partial charge on any atom is -0.462 e. The lowest BCUT2D eigenvalue weighted by atomic mass is 9.73. The highest BCUT2D eigenvalue weighted by molar-refractivity contribution is 5.77. The molecule has 1 heterocycles. The SMILES string of the molecule is CCCCCCC1C2CC3C(OC(=O)C13)C2C. The molecule has 0 spiro atoms. The molecule has 17 heavy (non-hydrogen) atoms. The van der Waals surface area contributed by atoms with Gasteiger partial charge in [-0.3, -0.25) is 4.79 Å². The Morgan fingerprint density at radius 2 is 2.06 bits per heavy atom. The first-order chi connectivity index (χ1) is 8.24. The molecule has 2 heteroatoms. The zero-order valence-corrected chi connectivity index (χ0v) is 11.0. The molecule has 0 aromatic heterocycles. The number of hydrogen-bond acceptors (Lipinski definition) is 2. The summed E-state index contributed by atoms with van der Waals surface area (Å²) in [6.07, 6.45) is 8.09. The Kier molecular flexibility index (Phi) is 2.92. The van der Waals surface area contributed by atoms with Crippen molar-refractivity contribution < 1.29 is 9.53 Å². The fourth-order valence-electron chi connectivity index (χ4n) is 4.75. The summed E-state index contributed by atoms with van der Waals surface area (Å²) in [5.74, 6) is 3.05. The Morgan fingerprint density at radius 3 is 2.82 bits per heavy atom. The van der Waals surface area contributed by atoms with Crippen LogP contribution in [0, 0.1) is 29.6 Å². The van der Waals surface area contributed by atoms with Crippen LogP contribution in [0.25, 0.3) is 0 Å². The topological polar surface area (TPSA) is 26.3 Å². The van der Waals surface area contributed by atoms with Crippen molar-refractivity contribution in [3.63, 3.8) is 0 Å². The van der Waals surface area contributed by atoms with Gasteiger partial charge in [-0.05, 0) is 30.6 Å². The molecule has 0 amide bonds. The minimum absolute atomic E-state index is 0.132. The van der Waals surface area contributed by atoms with E-state index in [-0.39, 0.29) is 18.0 Å². The summed E-state index contributed by atoms with van der Waals surface area (Å²) in [5, 5.41) is 0. The highest BCUT2D eigenvalue weighted by Crippen LogP contribution is 2.61. The summed E-state index contributed by atoms with van der Waals surface area (Å²) in [5.41, 5.74) is 0. The van der Waals surface area contributed by atoms with E-state index in [0.717, 1.165) is 5.92 Å². The van der Waals surface area contributed by atoms with E-state index in [9.17, 15) is 4.79 Å². The van der Waals surface area contributed by atoms with Crippen LogP contribution in [0.5, 0.6) is 0 Å². The first kappa shape index (κ1) is 11.6. The standard InChI is InChI=1S/C15H24O2/c1-3-4-5-6-7-10-11-8-12-13(10)15(16)17-14(12)9(11)2/h9-14H,3-8H2,1-2H3. The predicted octanol–water partition coefficient (Wildman–Crippen LogP) is 3.40. The van der Waals surface area contributed by atoms with Gasteiger partial charge >= 0.3 is 5.97 Å². The smallest absolute Gasteiger partial charge is 0.309 e. The second kappa shape index (κ2) is 4.29. The van der Waals surface area contributed by atoms with Crippen molar-refractivity contribution in [3.8, 4) is 0 Å². The molecule has 2 nitrogen and oxygen atoms in total. The first-order valence-corrected chi connectivity index (χ1v) is 7.44. The highest BCUT2D eigenvalue weighted by atomic mass is 16.6. The number of esters is 1. The molecular weight excluding hydrogens is 212 g/mol. The van der Waals surface area contributed by atoms with Gasteiger partial charge in [0.2, 0.25) is 0 Å². The van der Waals surface area contributed by atoms with Gasteiger partial charge in [0.15, 0.2) is 0 Å². The lowest BCUT2D eigenvalue weighted by molar-refractivity contribution is -0.144. The Bertz CT molecular complexity index is 312. The number of rotatable bonds is 5. The van der Waals surface area contributed by atoms with E-state index >= 15 is 0 Å². The van der Waals surface area contributed by atoms with E-state index in [1.807, 2.05) is 0 Å². The molecule has 6 atom stereocenters. The van der Waals surface area contributed by atoms with Gasteiger partial charge in [0, 0.05) is 5.92 Å². The maximum Gasteiger partial charge on any atom is 0.309 e. The van der Waals surface area contributed by atoms with Crippen LogP contribution in [-0.2, 0) is 9.53 Å². The van der Waals surface area contributed by atoms with Crippen molar-refractivity contribution in [2.45, 2.75) is 58.5 Å². The number of carbonyl (C=O) groups is 1. The molecule has 0 radical (unpaired) electrons. The summed E-state index contributed by atoms with van der Waals surface area (Å²) in [7, 11) is 0. The van der Waals surface area contributed by atoms with Crippen LogP contribution < -0.4 is 0 Å². The Balaban J connectivity index is 1.63. The highest BCUT2D eigenvalue weighted by Gasteiger charge is 2.64. The molecule has 3 aliphatic rings. The molecule has 1 aliphatic heterocycles. The predicted molar refractivity (Wildman–Crippen MR) is 66.4 cm³/mol. The third-order valence-corrected chi connectivity index (χ3v) is 5.55. The molecule has 2 saturated carbocycles. The number of ether oxygens (including phenoxy) is 1. The van der Waals surface area contributed by atoms with Crippen molar-refractivity contribution in [2.75, 3.05) is 0 Å². The Labute approximate surface area is 104 Å². The van der Waals surface area contributed by atoms with Crippen LogP contribution in [0.1, 0.15) is 52.4 Å². The summed E-state index contributed by atoms with van der Waals surface area (Å²) < 4.78 is 5.57. The van der Waals surface area contributed by atoms with Crippen LogP contribution >= 0.6 is 0 Å². The molecule has 6 unspecified atom stereocenters. The van der Waals surface area contributed by atoms with Gasteiger partial charge in [0.25, 0.3) is 0 Å². The normalized spacial score (nSPS) is 46.6. The van der Waals surface area contributed by atoms with Gasteiger partial charge in [-0.15, -0.1) is 0 Å². The third-order valence-electron chi connectivity index (χ3n) is 5.55. The maximum atomic E-state index is 11.9.